The predicted octanol–water partition coefficient (Wildman–Crippen LogP) is 3.93. The van der Waals surface area contributed by atoms with Crippen LogP contribution in [0.5, 0.6) is 0 Å². The van der Waals surface area contributed by atoms with E-state index in [1.807, 2.05) is 0 Å². The third-order valence-electron chi connectivity index (χ3n) is 3.74. The van der Waals surface area contributed by atoms with Crippen molar-refractivity contribution < 1.29 is 0 Å². The zero-order valence-electron chi connectivity index (χ0n) is 8.72. The van der Waals surface area contributed by atoms with Gasteiger partial charge in [-0.05, 0) is 36.8 Å². The normalized spacial score (nSPS) is 28.8. The van der Waals surface area contributed by atoms with Gasteiger partial charge in [-0.15, -0.1) is 0 Å². The van der Waals surface area contributed by atoms with Crippen LogP contribution in [0.1, 0.15) is 32.6 Å². The van der Waals surface area contributed by atoms with Crippen LogP contribution in [0.25, 0.3) is 0 Å². The van der Waals surface area contributed by atoms with Crippen molar-refractivity contribution in [2.45, 2.75) is 32.6 Å². The van der Waals surface area contributed by atoms with Crippen molar-refractivity contribution in [1.82, 2.24) is 0 Å². The average molecular weight is 184 g/mol. The van der Waals surface area contributed by atoms with Crippen molar-refractivity contribution in [2.24, 2.45) is 5.92 Å². The third-order valence-corrected chi connectivity index (χ3v) is 3.74. The molecule has 3 rings (SSSR count). The number of allylic oxidation sites excluding steroid dienone is 8. The van der Waals surface area contributed by atoms with Crippen LogP contribution in [0.3, 0.4) is 0 Å². The first-order valence-corrected chi connectivity index (χ1v) is 5.68. The Hall–Kier alpha value is -1.04. The van der Waals surface area contributed by atoms with Crippen molar-refractivity contribution in [1.29, 1.82) is 0 Å². The monoisotopic (exact) mass is 184 g/mol. The van der Waals surface area contributed by atoms with E-state index in [0.717, 1.165) is 0 Å². The van der Waals surface area contributed by atoms with Crippen LogP contribution in [-0.2, 0) is 0 Å². The van der Waals surface area contributed by atoms with E-state index in [4.69, 9.17) is 0 Å². The molecule has 1 atom stereocenters. The zero-order valence-corrected chi connectivity index (χ0v) is 8.72. The topological polar surface area (TPSA) is 0 Å². The Labute approximate surface area is 85.7 Å². The Balaban J connectivity index is 1.93. The summed E-state index contributed by atoms with van der Waals surface area (Å²) in [5.74, 6) is 0.684. The van der Waals surface area contributed by atoms with Gasteiger partial charge in [-0.25, -0.2) is 0 Å². The summed E-state index contributed by atoms with van der Waals surface area (Å²) in [4.78, 5) is 0. The van der Waals surface area contributed by atoms with Gasteiger partial charge in [-0.3, -0.25) is 0 Å². The maximum atomic E-state index is 2.51. The first kappa shape index (κ1) is 8.28. The van der Waals surface area contributed by atoms with Gasteiger partial charge in [-0.2, -0.15) is 0 Å². The lowest BCUT2D eigenvalue weighted by Gasteiger charge is -2.24. The Morgan fingerprint density at radius 2 is 2.29 bits per heavy atom. The van der Waals surface area contributed by atoms with Gasteiger partial charge >= 0.3 is 0 Å². The highest BCUT2D eigenvalue weighted by molar-refractivity contribution is 5.54. The van der Waals surface area contributed by atoms with Crippen LogP contribution < -0.4 is 0 Å². The fourth-order valence-corrected chi connectivity index (χ4v) is 2.86. The van der Waals surface area contributed by atoms with Gasteiger partial charge in [0.05, 0.1) is 0 Å². The van der Waals surface area contributed by atoms with Crippen molar-refractivity contribution in [3.8, 4) is 0 Å². The van der Waals surface area contributed by atoms with Gasteiger partial charge in [0.15, 0.2) is 0 Å². The lowest BCUT2D eigenvalue weighted by molar-refractivity contribution is 0.724. The summed E-state index contributed by atoms with van der Waals surface area (Å²) < 4.78 is 0. The second kappa shape index (κ2) is 2.98. The summed E-state index contributed by atoms with van der Waals surface area (Å²) in [6, 6.07) is 0. The van der Waals surface area contributed by atoms with Crippen LogP contribution >= 0.6 is 0 Å². The van der Waals surface area contributed by atoms with E-state index in [0.29, 0.717) is 5.92 Å². The molecule has 0 saturated heterocycles. The van der Waals surface area contributed by atoms with Crippen LogP contribution in [-0.4, -0.2) is 0 Å². The van der Waals surface area contributed by atoms with Gasteiger partial charge in [0.1, 0.15) is 0 Å². The lowest BCUT2D eigenvalue weighted by atomic mass is 9.80. The molecule has 3 aliphatic carbocycles. The molecule has 0 spiro atoms. The average Bonchev–Trinajstić information content (AvgIpc) is 2.71. The molecule has 0 aromatic heterocycles. The molecule has 0 N–H and O–H groups in total. The first-order chi connectivity index (χ1) is 6.90. The number of hydrogen-bond acceptors (Lipinski definition) is 0. The van der Waals surface area contributed by atoms with E-state index >= 15 is 0 Å². The molecule has 0 heteroatoms. The highest BCUT2D eigenvalue weighted by Gasteiger charge is 2.32. The van der Waals surface area contributed by atoms with Gasteiger partial charge in [-0.1, -0.05) is 42.4 Å². The fraction of sp³-hybridized carbons (Fsp3) is 0.429. The first-order valence-electron chi connectivity index (χ1n) is 5.68. The molecule has 0 aromatic carbocycles. The van der Waals surface area contributed by atoms with Crippen molar-refractivity contribution in [2.75, 3.05) is 0 Å². The minimum absolute atomic E-state index is 0.684. The Morgan fingerprint density at radius 1 is 1.36 bits per heavy atom. The van der Waals surface area contributed by atoms with Crippen LogP contribution in [0.15, 0.2) is 46.6 Å². The van der Waals surface area contributed by atoms with E-state index in [1.165, 1.54) is 25.7 Å². The largest absolute Gasteiger partial charge is 0.0804 e. The summed E-state index contributed by atoms with van der Waals surface area (Å²) in [6.07, 6.45) is 14.4. The molecular formula is C14H16. The molecule has 1 unspecified atom stereocenters. The van der Waals surface area contributed by atoms with Gasteiger partial charge < -0.3 is 0 Å². The van der Waals surface area contributed by atoms with Crippen molar-refractivity contribution in [3.05, 3.63) is 46.6 Å². The second-order valence-electron chi connectivity index (χ2n) is 4.40. The molecule has 0 fully saturated rings. The molecule has 0 aliphatic heterocycles. The maximum Gasteiger partial charge on any atom is 0.0205 e. The Kier molecular flexibility index (Phi) is 1.76. The van der Waals surface area contributed by atoms with Crippen molar-refractivity contribution >= 4 is 0 Å². The molecule has 72 valence electrons. The van der Waals surface area contributed by atoms with E-state index in [9.17, 15) is 0 Å². The third kappa shape index (κ3) is 1.00. The van der Waals surface area contributed by atoms with Crippen molar-refractivity contribution in [3.63, 3.8) is 0 Å². The maximum absolute atomic E-state index is 2.51. The molecule has 0 amide bonds. The molecule has 0 saturated carbocycles. The minimum Gasteiger partial charge on any atom is -0.0804 e. The predicted molar refractivity (Wildman–Crippen MR) is 60.0 cm³/mol. The van der Waals surface area contributed by atoms with E-state index in [1.54, 1.807) is 22.3 Å². The summed E-state index contributed by atoms with van der Waals surface area (Å²) in [5.41, 5.74) is 6.67. The SMILES string of the molecule is CCC1=CC(C2=CC=CC2)C2=C1CC2. The molecule has 0 heterocycles. The summed E-state index contributed by atoms with van der Waals surface area (Å²) in [6.45, 7) is 2.28. The van der Waals surface area contributed by atoms with Crippen LogP contribution in [0.2, 0.25) is 0 Å². The highest BCUT2D eigenvalue weighted by atomic mass is 14.4. The van der Waals surface area contributed by atoms with E-state index < -0.39 is 0 Å². The molecule has 14 heavy (non-hydrogen) atoms. The lowest BCUT2D eigenvalue weighted by Crippen LogP contribution is -2.08. The summed E-state index contributed by atoms with van der Waals surface area (Å²) >= 11 is 0. The molecule has 0 bridgehead atoms. The minimum atomic E-state index is 0.684. The van der Waals surface area contributed by atoms with Gasteiger partial charge in [0, 0.05) is 5.92 Å². The number of rotatable bonds is 2. The molecule has 0 radical (unpaired) electrons. The second-order valence-corrected chi connectivity index (χ2v) is 4.40. The standard InChI is InChI=1S/C14H16/c1-2-10-9-14(11-5-3-4-6-11)13-8-7-12(10)13/h3-5,9,14H,2,6-8H2,1H3. The van der Waals surface area contributed by atoms with E-state index in [2.05, 4.69) is 31.2 Å². The molecule has 3 aliphatic rings. The quantitative estimate of drug-likeness (QED) is 0.610. The highest BCUT2D eigenvalue weighted by Crippen LogP contribution is 2.49. The summed E-state index contributed by atoms with van der Waals surface area (Å²) in [5, 5.41) is 0. The van der Waals surface area contributed by atoms with Crippen LogP contribution in [0.4, 0.5) is 0 Å². The fourth-order valence-electron chi connectivity index (χ4n) is 2.86. The summed E-state index contributed by atoms with van der Waals surface area (Å²) in [7, 11) is 0. The number of hydrogen-bond donors (Lipinski definition) is 0. The Bertz CT molecular complexity index is 388. The van der Waals surface area contributed by atoms with E-state index in [-0.39, 0.29) is 0 Å². The molecule has 0 aromatic rings. The van der Waals surface area contributed by atoms with Gasteiger partial charge in [0.25, 0.3) is 0 Å². The smallest absolute Gasteiger partial charge is 0.0205 e. The van der Waals surface area contributed by atoms with Gasteiger partial charge in [0.2, 0.25) is 0 Å². The zero-order chi connectivity index (χ0) is 9.54. The molecule has 0 nitrogen and oxygen atoms in total. The molecular weight excluding hydrogens is 168 g/mol. The van der Waals surface area contributed by atoms with Crippen LogP contribution in [0, 0.1) is 5.92 Å². The Morgan fingerprint density at radius 3 is 2.79 bits per heavy atom.